The van der Waals surface area contributed by atoms with Gasteiger partial charge in [-0.3, -0.25) is 4.79 Å². The largest absolute Gasteiger partial charge is 0.494 e. The highest BCUT2D eigenvalue weighted by atomic mass is 32.1. The Bertz CT molecular complexity index is 1080. The van der Waals surface area contributed by atoms with E-state index in [0.717, 1.165) is 30.2 Å². The van der Waals surface area contributed by atoms with Crippen LogP contribution in [-0.2, 0) is 11.3 Å². The number of thiazole rings is 1. The molecule has 29 heavy (non-hydrogen) atoms. The van der Waals surface area contributed by atoms with Crippen LogP contribution in [0.25, 0.3) is 10.2 Å². The van der Waals surface area contributed by atoms with Crippen molar-refractivity contribution in [2.45, 2.75) is 26.3 Å². The van der Waals surface area contributed by atoms with E-state index >= 15 is 0 Å². The van der Waals surface area contributed by atoms with Gasteiger partial charge in [0.15, 0.2) is 10.6 Å². The quantitative estimate of drug-likeness (QED) is 0.503. The summed E-state index contributed by atoms with van der Waals surface area (Å²) in [6.07, 6.45) is 1.93. The zero-order chi connectivity index (χ0) is 20.8. The maximum atomic E-state index is 14.4. The molecule has 1 amide bonds. The molecule has 0 aliphatic heterocycles. The topological polar surface area (TPSA) is 52.8 Å². The van der Waals surface area contributed by atoms with Crippen molar-refractivity contribution >= 4 is 27.5 Å². The van der Waals surface area contributed by atoms with Gasteiger partial charge in [-0.25, -0.2) is 8.78 Å². The number of hydrogen-bond acceptors (Lipinski definition) is 4. The monoisotopic (exact) mass is 420 g/mol. The molecule has 1 aromatic heterocycles. The second-order valence-corrected chi connectivity index (χ2v) is 7.42. The molecule has 0 atom stereocenters. The van der Waals surface area contributed by atoms with E-state index in [1.807, 2.05) is 0 Å². The van der Waals surface area contributed by atoms with Crippen molar-refractivity contribution < 1.29 is 23.0 Å². The standard InChI is InChI=1S/C21H22F2N2O3S/c1-3-4-9-28-16-7-5-6-14(11-16)20(26)24-21-25(8-10-27-2)19-17(23)12-15(22)13-18(19)29-21/h5-7,11-13H,3-4,8-10H2,1-2H3. The van der Waals surface area contributed by atoms with E-state index in [1.54, 1.807) is 24.3 Å². The third kappa shape index (κ3) is 5.07. The van der Waals surface area contributed by atoms with Gasteiger partial charge in [0.05, 0.1) is 23.4 Å². The summed E-state index contributed by atoms with van der Waals surface area (Å²) in [6, 6.07) is 8.84. The first-order chi connectivity index (χ1) is 14.0. The Balaban J connectivity index is 2.00. The van der Waals surface area contributed by atoms with Crippen molar-refractivity contribution in [3.05, 3.63) is 58.4 Å². The Kier molecular flexibility index (Phi) is 7.11. The first kappa shape index (κ1) is 21.1. The van der Waals surface area contributed by atoms with E-state index in [0.29, 0.717) is 29.2 Å². The number of aromatic nitrogens is 1. The summed E-state index contributed by atoms with van der Waals surface area (Å²) in [5.41, 5.74) is 0.568. The number of fused-ring (bicyclic) bond motifs is 1. The van der Waals surface area contributed by atoms with Gasteiger partial charge in [-0.1, -0.05) is 30.7 Å². The normalized spacial score (nSPS) is 11.9. The Morgan fingerprint density at radius 1 is 1.21 bits per heavy atom. The van der Waals surface area contributed by atoms with Crippen LogP contribution in [-0.4, -0.2) is 30.8 Å². The minimum absolute atomic E-state index is 0.205. The van der Waals surface area contributed by atoms with Crippen molar-refractivity contribution in [3.63, 3.8) is 0 Å². The van der Waals surface area contributed by atoms with Crippen LogP contribution in [0.1, 0.15) is 30.1 Å². The van der Waals surface area contributed by atoms with Crippen molar-refractivity contribution in [3.8, 4) is 5.75 Å². The number of nitrogens with zero attached hydrogens (tertiary/aromatic N) is 2. The Labute approximate surface area is 171 Å². The van der Waals surface area contributed by atoms with E-state index in [4.69, 9.17) is 9.47 Å². The SMILES string of the molecule is CCCCOc1cccc(C(=O)N=c2sc3cc(F)cc(F)c3n2CCOC)c1. The van der Waals surface area contributed by atoms with E-state index in [2.05, 4.69) is 11.9 Å². The van der Waals surface area contributed by atoms with E-state index in [-0.39, 0.29) is 16.9 Å². The van der Waals surface area contributed by atoms with E-state index in [9.17, 15) is 13.6 Å². The molecule has 0 saturated heterocycles. The van der Waals surface area contributed by atoms with Crippen LogP contribution in [0, 0.1) is 11.6 Å². The number of carbonyl (C=O) groups excluding carboxylic acids is 1. The molecule has 0 bridgehead atoms. The number of ether oxygens (including phenoxy) is 2. The molecule has 0 saturated carbocycles. The predicted molar refractivity (Wildman–Crippen MR) is 108 cm³/mol. The van der Waals surface area contributed by atoms with Gasteiger partial charge in [0.2, 0.25) is 0 Å². The fourth-order valence-electron chi connectivity index (χ4n) is 2.81. The minimum atomic E-state index is -0.701. The average Bonchev–Trinajstić information content (AvgIpc) is 3.03. The van der Waals surface area contributed by atoms with Gasteiger partial charge in [-0.15, -0.1) is 0 Å². The number of amides is 1. The first-order valence-electron chi connectivity index (χ1n) is 9.32. The van der Waals surface area contributed by atoms with Crippen molar-refractivity contribution in [2.24, 2.45) is 4.99 Å². The summed E-state index contributed by atoms with van der Waals surface area (Å²) in [5, 5.41) is 0. The van der Waals surface area contributed by atoms with Gasteiger partial charge in [-0.05, 0) is 30.7 Å². The lowest BCUT2D eigenvalue weighted by Crippen LogP contribution is -2.20. The molecule has 0 N–H and O–H groups in total. The molecule has 154 valence electrons. The smallest absolute Gasteiger partial charge is 0.279 e. The molecule has 0 aliphatic rings. The van der Waals surface area contributed by atoms with E-state index in [1.165, 1.54) is 17.7 Å². The van der Waals surface area contributed by atoms with Gasteiger partial charge in [0.1, 0.15) is 11.6 Å². The Morgan fingerprint density at radius 2 is 2.03 bits per heavy atom. The molecule has 5 nitrogen and oxygen atoms in total. The predicted octanol–water partition coefficient (Wildman–Crippen LogP) is 4.55. The fraction of sp³-hybridized carbons (Fsp3) is 0.333. The summed E-state index contributed by atoms with van der Waals surface area (Å²) < 4.78 is 40.6. The second-order valence-electron chi connectivity index (χ2n) is 6.41. The molecular weight excluding hydrogens is 398 g/mol. The lowest BCUT2D eigenvalue weighted by molar-refractivity contribution is 0.0997. The minimum Gasteiger partial charge on any atom is -0.494 e. The number of carbonyl (C=O) groups is 1. The molecule has 0 fully saturated rings. The van der Waals surface area contributed by atoms with Crippen LogP contribution >= 0.6 is 11.3 Å². The highest BCUT2D eigenvalue weighted by Gasteiger charge is 2.14. The van der Waals surface area contributed by atoms with Gasteiger partial charge in [-0.2, -0.15) is 4.99 Å². The Morgan fingerprint density at radius 3 is 2.79 bits per heavy atom. The van der Waals surface area contributed by atoms with Crippen LogP contribution in [0.5, 0.6) is 5.75 Å². The van der Waals surface area contributed by atoms with Gasteiger partial charge < -0.3 is 14.0 Å². The number of unbranched alkanes of at least 4 members (excludes halogenated alkanes) is 1. The van der Waals surface area contributed by atoms with Gasteiger partial charge >= 0.3 is 0 Å². The zero-order valence-corrected chi connectivity index (χ0v) is 17.1. The Hall–Kier alpha value is -2.58. The average molecular weight is 420 g/mol. The van der Waals surface area contributed by atoms with Crippen LogP contribution in [0.3, 0.4) is 0 Å². The first-order valence-corrected chi connectivity index (χ1v) is 10.1. The highest BCUT2D eigenvalue weighted by molar-refractivity contribution is 7.16. The van der Waals surface area contributed by atoms with E-state index < -0.39 is 17.5 Å². The molecule has 2 aromatic carbocycles. The molecule has 0 aliphatic carbocycles. The second kappa shape index (κ2) is 9.76. The summed E-state index contributed by atoms with van der Waals surface area (Å²) in [5.74, 6) is -1.27. The third-order valence-corrected chi connectivity index (χ3v) is 5.28. The van der Waals surface area contributed by atoms with Crippen molar-refractivity contribution in [1.29, 1.82) is 0 Å². The molecule has 0 radical (unpaired) electrons. The van der Waals surface area contributed by atoms with Crippen molar-refractivity contribution in [1.82, 2.24) is 4.57 Å². The molecule has 0 spiro atoms. The lowest BCUT2D eigenvalue weighted by Gasteiger charge is -2.06. The highest BCUT2D eigenvalue weighted by Crippen LogP contribution is 2.22. The number of halogens is 2. The summed E-state index contributed by atoms with van der Waals surface area (Å²) in [6.45, 7) is 3.22. The number of methoxy groups -OCH3 is 1. The molecule has 8 heteroatoms. The van der Waals surface area contributed by atoms with Crippen molar-refractivity contribution in [2.75, 3.05) is 20.3 Å². The number of benzene rings is 2. The molecule has 0 unspecified atom stereocenters. The molecule has 3 rings (SSSR count). The zero-order valence-electron chi connectivity index (χ0n) is 16.3. The summed E-state index contributed by atoms with van der Waals surface area (Å²) in [7, 11) is 1.52. The number of hydrogen-bond donors (Lipinski definition) is 0. The molecule has 1 heterocycles. The van der Waals surface area contributed by atoms with Crippen LogP contribution in [0.15, 0.2) is 41.4 Å². The fourth-order valence-corrected chi connectivity index (χ4v) is 3.90. The maximum Gasteiger partial charge on any atom is 0.279 e. The summed E-state index contributed by atoms with van der Waals surface area (Å²) in [4.78, 5) is 17.2. The molecular formula is C21H22F2N2O3S. The van der Waals surface area contributed by atoms with Gasteiger partial charge in [0.25, 0.3) is 5.91 Å². The molecule has 3 aromatic rings. The third-order valence-electron chi connectivity index (χ3n) is 4.26. The maximum absolute atomic E-state index is 14.4. The van der Waals surface area contributed by atoms with Crippen LogP contribution < -0.4 is 9.54 Å². The summed E-state index contributed by atoms with van der Waals surface area (Å²) >= 11 is 1.06. The lowest BCUT2D eigenvalue weighted by atomic mass is 10.2. The number of rotatable bonds is 8. The van der Waals surface area contributed by atoms with Crippen LogP contribution in [0.2, 0.25) is 0 Å². The van der Waals surface area contributed by atoms with Gasteiger partial charge in [0, 0.05) is 25.3 Å². The van der Waals surface area contributed by atoms with Crippen LogP contribution in [0.4, 0.5) is 8.78 Å².